The van der Waals surface area contributed by atoms with E-state index in [9.17, 15) is 4.79 Å². The highest BCUT2D eigenvalue weighted by atomic mass is 16.2. The van der Waals surface area contributed by atoms with E-state index in [0.717, 1.165) is 23.4 Å². The summed E-state index contributed by atoms with van der Waals surface area (Å²) < 4.78 is 0. The standard InChI is InChI=1S/C27H30N2O/c1-19-18-24(28-22-10-6-5-7-11-22)23-12-8-9-13-25(23)29(19)26(30)20-14-16-21(17-15-20)27(2,3)4/h5-17,19,24,28H,18H2,1-4H3/t19-,24-/m0/s1. The molecule has 0 aromatic heterocycles. The van der Waals surface area contributed by atoms with E-state index < -0.39 is 0 Å². The van der Waals surface area contributed by atoms with Gasteiger partial charge in [-0.15, -0.1) is 0 Å². The van der Waals surface area contributed by atoms with Crippen molar-refractivity contribution in [3.8, 4) is 0 Å². The summed E-state index contributed by atoms with van der Waals surface area (Å²) in [5, 5.41) is 3.65. The van der Waals surface area contributed by atoms with Gasteiger partial charge in [-0.25, -0.2) is 0 Å². The normalized spacial score (nSPS) is 18.6. The molecule has 1 aliphatic heterocycles. The lowest BCUT2D eigenvalue weighted by molar-refractivity contribution is 0.0974. The molecule has 1 N–H and O–H groups in total. The summed E-state index contributed by atoms with van der Waals surface area (Å²) in [6.07, 6.45) is 0.859. The van der Waals surface area contributed by atoms with E-state index in [4.69, 9.17) is 0 Å². The Balaban J connectivity index is 1.65. The number of rotatable bonds is 3. The van der Waals surface area contributed by atoms with Crippen LogP contribution in [0.3, 0.4) is 0 Å². The smallest absolute Gasteiger partial charge is 0.258 e. The van der Waals surface area contributed by atoms with Gasteiger partial charge >= 0.3 is 0 Å². The van der Waals surface area contributed by atoms with Crippen LogP contribution in [0.15, 0.2) is 78.9 Å². The van der Waals surface area contributed by atoms with Crippen LogP contribution < -0.4 is 10.2 Å². The molecule has 1 heterocycles. The Morgan fingerprint density at radius 2 is 1.53 bits per heavy atom. The molecule has 30 heavy (non-hydrogen) atoms. The third kappa shape index (κ3) is 3.97. The zero-order valence-corrected chi connectivity index (χ0v) is 18.2. The molecule has 0 unspecified atom stereocenters. The molecule has 2 atom stereocenters. The van der Waals surface area contributed by atoms with Crippen molar-refractivity contribution in [1.29, 1.82) is 0 Å². The SMILES string of the molecule is C[C@H]1C[C@H](Nc2ccccc2)c2ccccc2N1C(=O)c1ccc(C(C)(C)C)cc1. The number of amides is 1. The molecule has 3 nitrogen and oxygen atoms in total. The predicted octanol–water partition coefficient (Wildman–Crippen LogP) is 6.58. The molecular formula is C27H30N2O. The van der Waals surface area contributed by atoms with Gasteiger partial charge in [0.15, 0.2) is 0 Å². The molecule has 0 radical (unpaired) electrons. The lowest BCUT2D eigenvalue weighted by Gasteiger charge is -2.40. The van der Waals surface area contributed by atoms with Crippen LogP contribution in [0.1, 0.15) is 61.6 Å². The van der Waals surface area contributed by atoms with Crippen LogP contribution in [0.4, 0.5) is 11.4 Å². The van der Waals surface area contributed by atoms with Crippen LogP contribution in [0.2, 0.25) is 0 Å². The maximum absolute atomic E-state index is 13.5. The Bertz CT molecular complexity index is 1020. The number of fused-ring (bicyclic) bond motifs is 1. The van der Waals surface area contributed by atoms with Gasteiger partial charge < -0.3 is 10.2 Å². The molecule has 3 aromatic rings. The van der Waals surface area contributed by atoms with Crippen LogP contribution in [-0.2, 0) is 5.41 Å². The Kier molecular flexibility index (Phi) is 5.38. The minimum atomic E-state index is 0.0635. The van der Waals surface area contributed by atoms with Crippen molar-refractivity contribution in [1.82, 2.24) is 0 Å². The highest BCUT2D eigenvalue weighted by molar-refractivity contribution is 6.07. The third-order valence-corrected chi connectivity index (χ3v) is 5.92. The molecule has 0 saturated heterocycles. The van der Waals surface area contributed by atoms with E-state index in [1.165, 1.54) is 11.1 Å². The Labute approximate surface area is 179 Å². The number of nitrogens with zero attached hydrogens (tertiary/aromatic N) is 1. The molecule has 3 heteroatoms. The van der Waals surface area contributed by atoms with Crippen molar-refractivity contribution in [3.05, 3.63) is 95.6 Å². The molecule has 0 saturated carbocycles. The number of carbonyl (C=O) groups is 1. The second-order valence-electron chi connectivity index (χ2n) is 9.21. The van der Waals surface area contributed by atoms with E-state index in [0.29, 0.717) is 0 Å². The summed E-state index contributed by atoms with van der Waals surface area (Å²) in [5.74, 6) is 0.0635. The second-order valence-corrected chi connectivity index (χ2v) is 9.21. The predicted molar refractivity (Wildman–Crippen MR) is 125 cm³/mol. The van der Waals surface area contributed by atoms with Crippen molar-refractivity contribution in [2.75, 3.05) is 10.2 Å². The molecular weight excluding hydrogens is 368 g/mol. The first kappa shape index (κ1) is 20.2. The topological polar surface area (TPSA) is 32.3 Å². The Morgan fingerprint density at radius 1 is 0.900 bits per heavy atom. The van der Waals surface area contributed by atoms with Crippen molar-refractivity contribution < 1.29 is 4.79 Å². The summed E-state index contributed by atoms with van der Waals surface area (Å²) in [7, 11) is 0. The summed E-state index contributed by atoms with van der Waals surface area (Å²) in [6, 6.07) is 26.9. The van der Waals surface area contributed by atoms with Crippen LogP contribution in [0, 0.1) is 0 Å². The fourth-order valence-electron chi connectivity index (χ4n) is 4.25. The molecule has 0 aliphatic carbocycles. The quantitative estimate of drug-likeness (QED) is 0.541. The first-order chi connectivity index (χ1) is 14.3. The zero-order valence-electron chi connectivity index (χ0n) is 18.2. The van der Waals surface area contributed by atoms with Gasteiger partial charge in [-0.3, -0.25) is 4.79 Å². The molecule has 154 valence electrons. The zero-order chi connectivity index (χ0) is 21.3. The van der Waals surface area contributed by atoms with Crippen LogP contribution >= 0.6 is 0 Å². The van der Waals surface area contributed by atoms with Gasteiger partial charge in [-0.05, 0) is 60.2 Å². The van der Waals surface area contributed by atoms with Crippen molar-refractivity contribution in [3.63, 3.8) is 0 Å². The first-order valence-electron chi connectivity index (χ1n) is 10.7. The molecule has 3 aromatic carbocycles. The van der Waals surface area contributed by atoms with Gasteiger partial charge in [-0.2, -0.15) is 0 Å². The molecule has 1 amide bonds. The summed E-state index contributed by atoms with van der Waals surface area (Å²) >= 11 is 0. The minimum absolute atomic E-state index is 0.0635. The number of para-hydroxylation sites is 2. The Morgan fingerprint density at radius 3 is 2.20 bits per heavy atom. The highest BCUT2D eigenvalue weighted by Crippen LogP contribution is 2.39. The van der Waals surface area contributed by atoms with Gasteiger partial charge in [-0.1, -0.05) is 69.3 Å². The molecule has 0 fully saturated rings. The number of nitrogens with one attached hydrogen (secondary N) is 1. The van der Waals surface area contributed by atoms with E-state index in [-0.39, 0.29) is 23.4 Å². The molecule has 0 bridgehead atoms. The van der Waals surface area contributed by atoms with Gasteiger partial charge in [0.2, 0.25) is 0 Å². The molecule has 0 spiro atoms. The summed E-state index contributed by atoms with van der Waals surface area (Å²) in [5.41, 5.74) is 5.30. The summed E-state index contributed by atoms with van der Waals surface area (Å²) in [4.78, 5) is 15.5. The van der Waals surface area contributed by atoms with Gasteiger partial charge in [0, 0.05) is 23.0 Å². The van der Waals surface area contributed by atoms with Gasteiger partial charge in [0.1, 0.15) is 0 Å². The number of benzene rings is 3. The van der Waals surface area contributed by atoms with Crippen molar-refractivity contribution in [2.24, 2.45) is 0 Å². The van der Waals surface area contributed by atoms with Crippen LogP contribution in [0.5, 0.6) is 0 Å². The highest BCUT2D eigenvalue weighted by Gasteiger charge is 2.34. The third-order valence-electron chi connectivity index (χ3n) is 5.92. The molecule has 4 rings (SSSR count). The Hall–Kier alpha value is -3.07. The fraction of sp³-hybridized carbons (Fsp3) is 0.296. The summed E-state index contributed by atoms with van der Waals surface area (Å²) in [6.45, 7) is 8.70. The number of hydrogen-bond acceptors (Lipinski definition) is 2. The first-order valence-corrected chi connectivity index (χ1v) is 10.7. The van der Waals surface area contributed by atoms with E-state index in [1.54, 1.807) is 0 Å². The maximum atomic E-state index is 13.5. The van der Waals surface area contributed by atoms with Crippen LogP contribution in [-0.4, -0.2) is 11.9 Å². The van der Waals surface area contributed by atoms with Crippen LogP contribution in [0.25, 0.3) is 0 Å². The number of anilines is 2. The maximum Gasteiger partial charge on any atom is 0.258 e. The number of carbonyl (C=O) groups excluding carboxylic acids is 1. The van der Waals surface area contributed by atoms with E-state index >= 15 is 0 Å². The fourth-order valence-corrected chi connectivity index (χ4v) is 4.25. The van der Waals surface area contributed by atoms with Gasteiger partial charge in [0.05, 0.1) is 6.04 Å². The average Bonchev–Trinajstić information content (AvgIpc) is 2.74. The van der Waals surface area contributed by atoms with Crippen molar-refractivity contribution >= 4 is 17.3 Å². The lowest BCUT2D eigenvalue weighted by Crippen LogP contribution is -2.44. The minimum Gasteiger partial charge on any atom is -0.378 e. The van der Waals surface area contributed by atoms with Gasteiger partial charge in [0.25, 0.3) is 5.91 Å². The second kappa shape index (κ2) is 7.98. The number of hydrogen-bond donors (Lipinski definition) is 1. The monoisotopic (exact) mass is 398 g/mol. The molecule has 1 aliphatic rings. The largest absolute Gasteiger partial charge is 0.378 e. The average molecular weight is 399 g/mol. The van der Waals surface area contributed by atoms with E-state index in [2.05, 4.69) is 75.5 Å². The van der Waals surface area contributed by atoms with Crippen molar-refractivity contribution in [2.45, 2.75) is 51.6 Å². The van der Waals surface area contributed by atoms with E-state index in [1.807, 2.05) is 41.3 Å². The lowest BCUT2D eigenvalue weighted by atomic mass is 9.86.